The van der Waals surface area contributed by atoms with Gasteiger partial charge in [-0.15, -0.1) is 0 Å². The van der Waals surface area contributed by atoms with Crippen LogP contribution in [0.1, 0.15) is 22.7 Å². The first-order chi connectivity index (χ1) is 12.1. The highest BCUT2D eigenvalue weighted by Gasteiger charge is 2.27. The normalized spacial score (nSPS) is 16.9. The van der Waals surface area contributed by atoms with E-state index < -0.39 is 0 Å². The number of hydrogen-bond donors (Lipinski definition) is 0. The second-order valence-corrected chi connectivity index (χ2v) is 6.23. The number of ether oxygens (including phenoxy) is 4. The van der Waals surface area contributed by atoms with Crippen LogP contribution in [0.3, 0.4) is 0 Å². The summed E-state index contributed by atoms with van der Waals surface area (Å²) in [6.45, 7) is 0.856. The van der Waals surface area contributed by atoms with Crippen LogP contribution < -0.4 is 18.9 Å². The topological polar surface area (TPSA) is 40.2 Å². The van der Waals surface area contributed by atoms with E-state index in [1.54, 1.807) is 28.4 Å². The molecular weight excluding hydrogens is 318 g/mol. The summed E-state index contributed by atoms with van der Waals surface area (Å²) in [6.07, 6.45) is 0.904. The van der Waals surface area contributed by atoms with Crippen molar-refractivity contribution in [2.45, 2.75) is 19.0 Å². The SMILES string of the molecule is COc1ccc(C2Cc3cc(OC)c(OC)cc3CN2C)cc1OC. The van der Waals surface area contributed by atoms with Crippen LogP contribution in [-0.2, 0) is 13.0 Å². The van der Waals surface area contributed by atoms with Crippen LogP contribution in [0.4, 0.5) is 0 Å². The van der Waals surface area contributed by atoms with Gasteiger partial charge >= 0.3 is 0 Å². The summed E-state index contributed by atoms with van der Waals surface area (Å²) < 4.78 is 21.7. The zero-order valence-corrected chi connectivity index (χ0v) is 15.5. The molecule has 0 saturated carbocycles. The van der Waals surface area contributed by atoms with Crippen molar-refractivity contribution in [2.75, 3.05) is 35.5 Å². The number of methoxy groups -OCH3 is 4. The zero-order valence-electron chi connectivity index (χ0n) is 15.5. The van der Waals surface area contributed by atoms with Gasteiger partial charge in [0.25, 0.3) is 0 Å². The molecule has 0 bridgehead atoms. The molecular formula is C20H25NO4. The maximum atomic E-state index is 5.46. The van der Waals surface area contributed by atoms with Crippen LogP contribution in [0.2, 0.25) is 0 Å². The van der Waals surface area contributed by atoms with Crippen LogP contribution in [0.25, 0.3) is 0 Å². The molecule has 1 aliphatic rings. The zero-order chi connectivity index (χ0) is 18.0. The van der Waals surface area contributed by atoms with E-state index in [1.807, 2.05) is 6.07 Å². The minimum absolute atomic E-state index is 0.269. The van der Waals surface area contributed by atoms with Gasteiger partial charge in [0, 0.05) is 12.6 Å². The van der Waals surface area contributed by atoms with Gasteiger partial charge in [-0.3, -0.25) is 4.90 Å². The van der Waals surface area contributed by atoms with Gasteiger partial charge in [-0.2, -0.15) is 0 Å². The van der Waals surface area contributed by atoms with E-state index >= 15 is 0 Å². The molecule has 25 heavy (non-hydrogen) atoms. The number of fused-ring (bicyclic) bond motifs is 1. The van der Waals surface area contributed by atoms with Crippen molar-refractivity contribution in [2.24, 2.45) is 0 Å². The number of rotatable bonds is 5. The molecule has 0 spiro atoms. The second kappa shape index (κ2) is 7.23. The van der Waals surface area contributed by atoms with Gasteiger partial charge in [0.2, 0.25) is 0 Å². The molecule has 0 N–H and O–H groups in total. The molecule has 0 amide bonds. The Kier molecular flexibility index (Phi) is 5.04. The molecule has 1 aliphatic heterocycles. The monoisotopic (exact) mass is 343 g/mol. The third kappa shape index (κ3) is 3.24. The van der Waals surface area contributed by atoms with Gasteiger partial charge in [-0.1, -0.05) is 6.07 Å². The molecule has 5 nitrogen and oxygen atoms in total. The Balaban J connectivity index is 1.96. The highest BCUT2D eigenvalue weighted by molar-refractivity contribution is 5.50. The molecule has 1 unspecified atom stereocenters. The molecule has 1 atom stereocenters. The molecule has 2 aromatic rings. The average Bonchev–Trinajstić information content (AvgIpc) is 2.65. The lowest BCUT2D eigenvalue weighted by Gasteiger charge is -2.35. The summed E-state index contributed by atoms with van der Waals surface area (Å²) in [5.74, 6) is 3.05. The van der Waals surface area contributed by atoms with Crippen LogP contribution in [-0.4, -0.2) is 40.4 Å². The average molecular weight is 343 g/mol. The molecule has 0 aromatic heterocycles. The van der Waals surface area contributed by atoms with E-state index in [1.165, 1.54) is 16.7 Å². The first-order valence-electron chi connectivity index (χ1n) is 8.27. The fourth-order valence-electron chi connectivity index (χ4n) is 3.48. The van der Waals surface area contributed by atoms with Crippen molar-refractivity contribution in [3.05, 3.63) is 47.0 Å². The molecule has 134 valence electrons. The third-order valence-electron chi connectivity index (χ3n) is 4.86. The quantitative estimate of drug-likeness (QED) is 0.832. The highest BCUT2D eigenvalue weighted by atomic mass is 16.5. The highest BCUT2D eigenvalue weighted by Crippen LogP contribution is 2.40. The summed E-state index contributed by atoms with van der Waals surface area (Å²) in [7, 11) is 8.80. The minimum Gasteiger partial charge on any atom is -0.493 e. The van der Waals surface area contributed by atoms with Crippen molar-refractivity contribution in [3.63, 3.8) is 0 Å². The van der Waals surface area contributed by atoms with Crippen molar-refractivity contribution in [3.8, 4) is 23.0 Å². The summed E-state index contributed by atoms with van der Waals surface area (Å²) >= 11 is 0. The fourth-order valence-corrected chi connectivity index (χ4v) is 3.48. The van der Waals surface area contributed by atoms with Gasteiger partial charge in [0.1, 0.15) is 0 Å². The Labute approximate surface area is 149 Å². The summed E-state index contributed by atoms with van der Waals surface area (Å²) in [5.41, 5.74) is 3.77. The predicted octanol–water partition coefficient (Wildman–Crippen LogP) is 3.45. The second-order valence-electron chi connectivity index (χ2n) is 6.23. The van der Waals surface area contributed by atoms with E-state index in [0.717, 1.165) is 36.0 Å². The van der Waals surface area contributed by atoms with Crippen LogP contribution in [0, 0.1) is 0 Å². The molecule has 3 rings (SSSR count). The summed E-state index contributed by atoms with van der Waals surface area (Å²) in [6, 6.07) is 10.6. The first-order valence-corrected chi connectivity index (χ1v) is 8.27. The summed E-state index contributed by atoms with van der Waals surface area (Å²) in [5, 5.41) is 0. The fraction of sp³-hybridized carbons (Fsp3) is 0.400. The Morgan fingerprint density at radius 2 is 1.32 bits per heavy atom. The molecule has 0 radical (unpaired) electrons. The maximum Gasteiger partial charge on any atom is 0.161 e. The largest absolute Gasteiger partial charge is 0.493 e. The standard InChI is InChI=1S/C20H25NO4/c1-21-12-15-11-20(25-5)19(24-4)10-14(15)8-16(21)13-6-7-17(22-2)18(9-13)23-3/h6-7,9-11,16H,8,12H2,1-5H3. The van der Waals surface area contributed by atoms with E-state index in [2.05, 4.69) is 36.2 Å². The number of benzene rings is 2. The summed E-state index contributed by atoms with van der Waals surface area (Å²) in [4.78, 5) is 2.34. The van der Waals surface area contributed by atoms with E-state index in [9.17, 15) is 0 Å². The van der Waals surface area contributed by atoms with Crippen molar-refractivity contribution >= 4 is 0 Å². The smallest absolute Gasteiger partial charge is 0.161 e. The predicted molar refractivity (Wildman–Crippen MR) is 97.0 cm³/mol. The molecule has 2 aromatic carbocycles. The number of hydrogen-bond acceptors (Lipinski definition) is 5. The lowest BCUT2D eigenvalue weighted by molar-refractivity contribution is 0.216. The van der Waals surface area contributed by atoms with Crippen LogP contribution >= 0.6 is 0 Å². The molecule has 0 aliphatic carbocycles. The maximum absolute atomic E-state index is 5.46. The van der Waals surface area contributed by atoms with Gasteiger partial charge in [0.05, 0.1) is 28.4 Å². The minimum atomic E-state index is 0.269. The van der Waals surface area contributed by atoms with Gasteiger partial charge in [-0.25, -0.2) is 0 Å². The molecule has 5 heteroatoms. The van der Waals surface area contributed by atoms with Crippen LogP contribution in [0.15, 0.2) is 30.3 Å². The van der Waals surface area contributed by atoms with Gasteiger partial charge in [0.15, 0.2) is 23.0 Å². The van der Waals surface area contributed by atoms with E-state index in [0.29, 0.717) is 0 Å². The lowest BCUT2D eigenvalue weighted by Crippen LogP contribution is -2.31. The third-order valence-corrected chi connectivity index (χ3v) is 4.86. The Bertz CT molecular complexity index is 760. The van der Waals surface area contributed by atoms with Crippen molar-refractivity contribution < 1.29 is 18.9 Å². The lowest BCUT2D eigenvalue weighted by atomic mass is 9.89. The van der Waals surface area contributed by atoms with E-state index in [-0.39, 0.29) is 6.04 Å². The number of likely N-dealkylation sites (N-methyl/N-ethyl adjacent to an activating group) is 1. The van der Waals surface area contributed by atoms with Crippen molar-refractivity contribution in [1.29, 1.82) is 0 Å². The van der Waals surface area contributed by atoms with Crippen LogP contribution in [0.5, 0.6) is 23.0 Å². The van der Waals surface area contributed by atoms with Gasteiger partial charge < -0.3 is 18.9 Å². The Morgan fingerprint density at radius 1 is 0.760 bits per heavy atom. The molecule has 1 heterocycles. The number of nitrogens with zero attached hydrogens (tertiary/aromatic N) is 1. The molecule has 0 fully saturated rings. The Morgan fingerprint density at radius 3 is 1.92 bits per heavy atom. The first kappa shape index (κ1) is 17.4. The van der Waals surface area contributed by atoms with Crippen molar-refractivity contribution in [1.82, 2.24) is 4.90 Å². The van der Waals surface area contributed by atoms with E-state index in [4.69, 9.17) is 18.9 Å². The molecule has 0 saturated heterocycles. The van der Waals surface area contributed by atoms with Gasteiger partial charge in [-0.05, 0) is 54.4 Å². The Hall–Kier alpha value is -2.40.